The third kappa shape index (κ3) is 15.4. The molecule has 2 rings (SSSR count). The van der Waals surface area contributed by atoms with Gasteiger partial charge in [0, 0.05) is 6.92 Å². The van der Waals surface area contributed by atoms with E-state index < -0.39 is 11.9 Å². The summed E-state index contributed by atoms with van der Waals surface area (Å²) in [4.78, 5) is 19.8. The SMILES string of the molecule is C/C=C(\C)C(C)(F)F.CCC(C)C.CCCC=C(C)c1ccc(COc2nc(Cl)ncc2C(=O)OCC)cc1. The molecule has 218 valence electrons. The molecule has 0 fully saturated rings. The van der Waals surface area contributed by atoms with Crippen LogP contribution >= 0.6 is 11.6 Å². The van der Waals surface area contributed by atoms with Crippen molar-refractivity contribution >= 4 is 23.1 Å². The fourth-order valence-electron chi connectivity index (χ4n) is 2.55. The number of ether oxygens (including phenoxy) is 2. The van der Waals surface area contributed by atoms with Crippen molar-refractivity contribution in [2.24, 2.45) is 5.92 Å². The first-order valence-corrected chi connectivity index (χ1v) is 13.8. The van der Waals surface area contributed by atoms with E-state index in [-0.39, 0.29) is 35.5 Å². The minimum atomic E-state index is -2.63. The molecule has 39 heavy (non-hydrogen) atoms. The number of aromatic nitrogens is 2. The van der Waals surface area contributed by atoms with Crippen molar-refractivity contribution in [3.63, 3.8) is 0 Å². The standard InChI is InChI=1S/C20H23ClN2O3.C6H10F2.C5H12/c1-4-6-7-14(3)16-10-8-15(9-11-16)13-26-18-17(19(24)25-5-2)12-22-20(21)23-18;1-4-5(2)6(3,7)8;1-4-5(2)3/h7-12H,4-6,13H2,1-3H3;4H,1-3H3;5H,4H2,1-3H3/b;5-4+;. The number of hydrogen-bond donors (Lipinski definition) is 0. The molecule has 2 aromatic rings. The Morgan fingerprint density at radius 3 is 2.15 bits per heavy atom. The molecule has 0 radical (unpaired) electrons. The molecule has 0 amide bonds. The van der Waals surface area contributed by atoms with Gasteiger partial charge in [0.1, 0.15) is 12.2 Å². The number of rotatable bonds is 10. The average molecular weight is 567 g/mol. The second-order valence-electron chi connectivity index (χ2n) is 9.40. The van der Waals surface area contributed by atoms with Crippen LogP contribution in [0.15, 0.2) is 48.2 Å². The van der Waals surface area contributed by atoms with Gasteiger partial charge in [0.05, 0.1) is 12.8 Å². The monoisotopic (exact) mass is 566 g/mol. The molecule has 0 unspecified atom stereocenters. The van der Waals surface area contributed by atoms with Crippen molar-refractivity contribution in [1.29, 1.82) is 0 Å². The van der Waals surface area contributed by atoms with Gasteiger partial charge in [0.25, 0.3) is 5.92 Å². The molecule has 0 saturated heterocycles. The molecule has 0 atom stereocenters. The van der Waals surface area contributed by atoms with Crippen molar-refractivity contribution in [3.8, 4) is 5.88 Å². The van der Waals surface area contributed by atoms with Gasteiger partial charge in [0.15, 0.2) is 0 Å². The normalized spacial score (nSPS) is 11.7. The van der Waals surface area contributed by atoms with E-state index >= 15 is 0 Å². The third-order valence-electron chi connectivity index (χ3n) is 5.69. The molecular weight excluding hydrogens is 522 g/mol. The maximum atomic E-state index is 12.0. The molecule has 0 saturated carbocycles. The summed E-state index contributed by atoms with van der Waals surface area (Å²) >= 11 is 5.82. The zero-order valence-corrected chi connectivity index (χ0v) is 25.7. The first-order chi connectivity index (χ1) is 18.3. The van der Waals surface area contributed by atoms with Gasteiger partial charge in [-0.15, -0.1) is 0 Å². The zero-order valence-electron chi connectivity index (χ0n) is 24.9. The molecule has 8 heteroatoms. The lowest BCUT2D eigenvalue weighted by atomic mass is 10.0. The third-order valence-corrected chi connectivity index (χ3v) is 5.87. The highest BCUT2D eigenvalue weighted by Crippen LogP contribution is 2.22. The van der Waals surface area contributed by atoms with Crippen LogP contribution in [0.3, 0.4) is 0 Å². The number of esters is 1. The summed E-state index contributed by atoms with van der Waals surface area (Å²) in [6.07, 6.45) is 8.48. The second-order valence-corrected chi connectivity index (χ2v) is 9.74. The predicted molar refractivity (Wildman–Crippen MR) is 158 cm³/mol. The van der Waals surface area contributed by atoms with E-state index in [9.17, 15) is 13.6 Å². The van der Waals surface area contributed by atoms with Gasteiger partial charge in [-0.2, -0.15) is 4.98 Å². The van der Waals surface area contributed by atoms with Crippen LogP contribution in [0.5, 0.6) is 5.88 Å². The van der Waals surface area contributed by atoms with E-state index in [1.54, 1.807) is 13.8 Å². The Hall–Kier alpha value is -2.80. The number of halogens is 3. The Morgan fingerprint density at radius 2 is 1.72 bits per heavy atom. The van der Waals surface area contributed by atoms with Crippen molar-refractivity contribution in [2.45, 2.75) is 94.1 Å². The fourth-order valence-corrected chi connectivity index (χ4v) is 2.68. The molecule has 0 aliphatic carbocycles. The molecule has 0 bridgehead atoms. The predicted octanol–water partition coefficient (Wildman–Crippen LogP) is 9.75. The van der Waals surface area contributed by atoms with Crippen LogP contribution in [0.2, 0.25) is 5.28 Å². The first kappa shape index (κ1) is 36.2. The second kappa shape index (κ2) is 19.3. The summed E-state index contributed by atoms with van der Waals surface area (Å²) in [6.45, 7) is 17.1. The van der Waals surface area contributed by atoms with E-state index in [4.69, 9.17) is 21.1 Å². The Labute approximate surface area is 238 Å². The Bertz CT molecular complexity index is 1050. The topological polar surface area (TPSA) is 61.3 Å². The number of carbonyl (C=O) groups is 1. The molecule has 0 aliphatic heterocycles. The van der Waals surface area contributed by atoms with Crippen molar-refractivity contribution in [2.75, 3.05) is 6.61 Å². The van der Waals surface area contributed by atoms with E-state index in [1.807, 2.05) is 12.1 Å². The van der Waals surface area contributed by atoms with Crippen molar-refractivity contribution < 1.29 is 23.0 Å². The van der Waals surface area contributed by atoms with Gasteiger partial charge in [-0.1, -0.05) is 77.0 Å². The van der Waals surface area contributed by atoms with Gasteiger partial charge in [0.2, 0.25) is 11.2 Å². The van der Waals surface area contributed by atoms with E-state index in [2.05, 4.69) is 62.8 Å². The Kier molecular flexibility index (Phi) is 17.9. The molecule has 1 aromatic carbocycles. The summed E-state index contributed by atoms with van der Waals surface area (Å²) in [5.41, 5.74) is 3.68. The van der Waals surface area contributed by atoms with Gasteiger partial charge in [-0.3, -0.25) is 0 Å². The van der Waals surface area contributed by atoms with Crippen LogP contribution in [0.4, 0.5) is 8.78 Å². The molecule has 0 spiro atoms. The summed E-state index contributed by atoms with van der Waals surface area (Å²) in [6, 6.07) is 8.09. The number of benzene rings is 1. The maximum absolute atomic E-state index is 12.0. The maximum Gasteiger partial charge on any atom is 0.345 e. The molecule has 1 heterocycles. The number of alkyl halides is 2. The number of hydrogen-bond acceptors (Lipinski definition) is 5. The van der Waals surface area contributed by atoms with Gasteiger partial charge >= 0.3 is 5.97 Å². The number of nitrogens with zero attached hydrogens (tertiary/aromatic N) is 2. The van der Waals surface area contributed by atoms with Crippen molar-refractivity contribution in [3.05, 3.63) is 70.2 Å². The first-order valence-electron chi connectivity index (χ1n) is 13.4. The Morgan fingerprint density at radius 1 is 1.13 bits per heavy atom. The fraction of sp³-hybridized carbons (Fsp3) is 0.516. The van der Waals surface area contributed by atoms with Gasteiger partial charge in [-0.25, -0.2) is 18.6 Å². The average Bonchev–Trinajstić information content (AvgIpc) is 2.90. The zero-order chi connectivity index (χ0) is 30.0. The van der Waals surface area contributed by atoms with E-state index in [0.29, 0.717) is 0 Å². The lowest BCUT2D eigenvalue weighted by molar-refractivity contribution is 0.0519. The summed E-state index contributed by atoms with van der Waals surface area (Å²) < 4.78 is 34.8. The molecule has 0 N–H and O–H groups in total. The lowest BCUT2D eigenvalue weighted by Crippen LogP contribution is -2.10. The highest BCUT2D eigenvalue weighted by Gasteiger charge is 2.22. The largest absolute Gasteiger partial charge is 0.472 e. The molecule has 5 nitrogen and oxygen atoms in total. The van der Waals surface area contributed by atoms with Crippen LogP contribution in [-0.2, 0) is 11.3 Å². The highest BCUT2D eigenvalue weighted by molar-refractivity contribution is 6.28. The van der Waals surface area contributed by atoms with E-state index in [0.717, 1.165) is 31.2 Å². The molecular formula is C31H45ClF2N2O3. The summed E-state index contributed by atoms with van der Waals surface area (Å²) in [7, 11) is 0. The van der Waals surface area contributed by atoms with E-state index in [1.165, 1.54) is 36.8 Å². The number of allylic oxidation sites excluding steroid dienone is 4. The summed E-state index contributed by atoms with van der Waals surface area (Å²) in [5, 5.41) is 0.0140. The van der Waals surface area contributed by atoms with Gasteiger partial charge < -0.3 is 9.47 Å². The lowest BCUT2D eigenvalue weighted by Gasteiger charge is -2.10. The van der Waals surface area contributed by atoms with Crippen LogP contribution in [0, 0.1) is 5.92 Å². The van der Waals surface area contributed by atoms with Crippen LogP contribution in [0.1, 0.15) is 103 Å². The molecule has 1 aromatic heterocycles. The minimum absolute atomic E-state index is 0.0140. The molecule has 0 aliphatic rings. The number of carbonyl (C=O) groups excluding carboxylic acids is 1. The highest BCUT2D eigenvalue weighted by atomic mass is 35.5. The number of unbranched alkanes of at least 4 members (excludes halogenated alkanes) is 1. The van der Waals surface area contributed by atoms with Crippen molar-refractivity contribution in [1.82, 2.24) is 9.97 Å². The summed E-state index contributed by atoms with van der Waals surface area (Å²) in [5.74, 6) is -2.16. The quantitative estimate of drug-likeness (QED) is 0.163. The van der Waals surface area contributed by atoms with Crippen LogP contribution in [-0.4, -0.2) is 28.5 Å². The van der Waals surface area contributed by atoms with Crippen LogP contribution < -0.4 is 4.74 Å². The Balaban J connectivity index is 0.000000920. The minimum Gasteiger partial charge on any atom is -0.472 e. The van der Waals surface area contributed by atoms with Gasteiger partial charge in [-0.05, 0) is 73.9 Å². The van der Waals surface area contributed by atoms with Crippen LogP contribution in [0.25, 0.3) is 5.57 Å². The smallest absolute Gasteiger partial charge is 0.345 e.